The summed E-state index contributed by atoms with van der Waals surface area (Å²) in [6.45, 7) is 2.55. The molecule has 0 saturated carbocycles. The molecule has 2 amide bonds. The first-order chi connectivity index (χ1) is 15.1. The van der Waals surface area contributed by atoms with E-state index < -0.39 is 6.09 Å². The molecule has 2 aliphatic heterocycles. The Kier molecular flexibility index (Phi) is 7.11. The number of hydrazone groups is 1. The lowest BCUT2D eigenvalue weighted by molar-refractivity contribution is 0.144. The van der Waals surface area contributed by atoms with Crippen LogP contribution in [0, 0.1) is 5.92 Å². The topological polar surface area (TPSA) is 83.0 Å². The number of hydrogen-bond donors (Lipinski definition) is 2. The summed E-state index contributed by atoms with van der Waals surface area (Å²) >= 11 is 7.18. The van der Waals surface area contributed by atoms with Crippen molar-refractivity contribution in [2.24, 2.45) is 11.0 Å². The quantitative estimate of drug-likeness (QED) is 0.662. The van der Waals surface area contributed by atoms with E-state index in [0.717, 1.165) is 36.3 Å². The summed E-state index contributed by atoms with van der Waals surface area (Å²) in [4.78, 5) is 24.5. The van der Waals surface area contributed by atoms with Crippen LogP contribution in [0.1, 0.15) is 17.5 Å². The van der Waals surface area contributed by atoms with Gasteiger partial charge in [0.1, 0.15) is 0 Å². The maximum atomic E-state index is 12.4. The summed E-state index contributed by atoms with van der Waals surface area (Å²) in [6.07, 6.45) is 0.542. The Morgan fingerprint density at radius 2 is 2.13 bits per heavy atom. The molecule has 31 heavy (non-hydrogen) atoms. The number of rotatable bonds is 6. The van der Waals surface area contributed by atoms with Crippen molar-refractivity contribution in [2.45, 2.75) is 13.0 Å². The third-order valence-corrected chi connectivity index (χ3v) is 6.21. The van der Waals surface area contributed by atoms with Gasteiger partial charge < -0.3 is 10.1 Å². The molecule has 2 aliphatic rings. The minimum atomic E-state index is -0.475. The van der Waals surface area contributed by atoms with Crippen LogP contribution in [0.4, 0.5) is 15.3 Å². The van der Waals surface area contributed by atoms with E-state index in [1.165, 1.54) is 16.8 Å². The molecule has 0 aromatic heterocycles. The highest BCUT2D eigenvalue weighted by Crippen LogP contribution is 2.23. The number of amides is 2. The first kappa shape index (κ1) is 21.7. The Morgan fingerprint density at radius 1 is 1.29 bits per heavy atom. The van der Waals surface area contributed by atoms with Crippen molar-refractivity contribution in [3.8, 4) is 0 Å². The number of thioether (sulfide) groups is 1. The Morgan fingerprint density at radius 3 is 2.90 bits per heavy atom. The third-order valence-electron chi connectivity index (χ3n) is 5.08. The number of benzene rings is 2. The van der Waals surface area contributed by atoms with E-state index in [0.29, 0.717) is 35.5 Å². The maximum absolute atomic E-state index is 12.4. The van der Waals surface area contributed by atoms with Crippen molar-refractivity contribution in [1.29, 1.82) is 0 Å². The van der Waals surface area contributed by atoms with Gasteiger partial charge in [-0.05, 0) is 48.4 Å². The van der Waals surface area contributed by atoms with E-state index >= 15 is 0 Å². The summed E-state index contributed by atoms with van der Waals surface area (Å²) < 4.78 is 5.32. The molecule has 0 spiro atoms. The molecule has 1 unspecified atom stereocenters. The Balaban J connectivity index is 1.38. The van der Waals surface area contributed by atoms with Crippen molar-refractivity contribution in [1.82, 2.24) is 10.3 Å². The van der Waals surface area contributed by atoms with E-state index in [1.54, 1.807) is 6.07 Å². The van der Waals surface area contributed by atoms with Gasteiger partial charge in [0.15, 0.2) is 0 Å². The van der Waals surface area contributed by atoms with Crippen LogP contribution in [-0.2, 0) is 11.3 Å². The summed E-state index contributed by atoms with van der Waals surface area (Å²) in [5.74, 6) is 0.883. The summed E-state index contributed by atoms with van der Waals surface area (Å²) in [5.41, 5.74) is 3.23. The van der Waals surface area contributed by atoms with Crippen LogP contribution in [0.2, 0.25) is 5.02 Å². The van der Waals surface area contributed by atoms with Gasteiger partial charge in [-0.15, -0.1) is 0 Å². The average molecular weight is 459 g/mol. The zero-order valence-electron chi connectivity index (χ0n) is 16.8. The molecule has 2 aromatic rings. The second-order valence-electron chi connectivity index (χ2n) is 7.45. The van der Waals surface area contributed by atoms with Crippen molar-refractivity contribution in [3.63, 3.8) is 0 Å². The van der Waals surface area contributed by atoms with Gasteiger partial charge in [0.05, 0.1) is 18.9 Å². The lowest BCUT2D eigenvalue weighted by Crippen LogP contribution is -2.29. The molecule has 2 heterocycles. The fourth-order valence-electron chi connectivity index (χ4n) is 3.43. The second-order valence-corrected chi connectivity index (χ2v) is 8.81. The predicted octanol–water partition coefficient (Wildman–Crippen LogP) is 4.57. The van der Waals surface area contributed by atoms with Gasteiger partial charge >= 0.3 is 11.3 Å². The van der Waals surface area contributed by atoms with Gasteiger partial charge in [0.25, 0.3) is 0 Å². The molecule has 0 aliphatic carbocycles. The van der Waals surface area contributed by atoms with Gasteiger partial charge in [0.2, 0.25) is 0 Å². The minimum absolute atomic E-state index is 0.111. The highest BCUT2D eigenvalue weighted by atomic mass is 35.5. The first-order valence-corrected chi connectivity index (χ1v) is 11.4. The number of nitrogens with one attached hydrogen (secondary N) is 2. The van der Waals surface area contributed by atoms with Crippen LogP contribution in [0.25, 0.3) is 0 Å². The highest BCUT2D eigenvalue weighted by molar-refractivity contribution is 8.14. The smallest absolute Gasteiger partial charge is 0.411 e. The number of halogens is 1. The molecule has 2 aromatic carbocycles. The number of ether oxygens (including phenoxy) is 1. The van der Waals surface area contributed by atoms with E-state index in [2.05, 4.69) is 15.7 Å². The summed E-state index contributed by atoms with van der Waals surface area (Å²) in [6, 6.07) is 14.7. The van der Waals surface area contributed by atoms with Crippen molar-refractivity contribution in [3.05, 3.63) is 64.7 Å². The Hall–Kier alpha value is -2.55. The zero-order valence-corrected chi connectivity index (χ0v) is 18.4. The van der Waals surface area contributed by atoms with Crippen molar-refractivity contribution >= 4 is 46.1 Å². The number of carbonyl (C=O) groups excluding carboxylic acids is 2. The molecule has 162 valence electrons. The molecular weight excluding hydrogens is 436 g/mol. The molecule has 4 rings (SSSR count). The lowest BCUT2D eigenvalue weighted by atomic mass is 10.1. The van der Waals surface area contributed by atoms with Crippen LogP contribution in [0.3, 0.4) is 0 Å². The van der Waals surface area contributed by atoms with Crippen molar-refractivity contribution in [2.75, 3.05) is 30.8 Å². The first-order valence-electron chi connectivity index (χ1n) is 10.1. The van der Waals surface area contributed by atoms with Gasteiger partial charge in [-0.25, -0.2) is 9.80 Å². The standard InChI is InChI=1S/C22H23ClN4O3S/c23-18-6-4-17(5-7-18)20-14-31-22(29)27(26-20)12-15-2-1-3-19(10-15)25-21(28)30-13-16-8-9-24-11-16/h1-7,10,16,24H,8-9,11-14H2,(H,25,28). The third kappa shape index (κ3) is 6.00. The molecule has 0 radical (unpaired) electrons. The molecule has 1 atom stereocenters. The molecule has 2 N–H and O–H groups in total. The van der Waals surface area contributed by atoms with E-state index in [-0.39, 0.29) is 5.24 Å². The largest absolute Gasteiger partial charge is 0.449 e. The number of carbonyl (C=O) groups is 2. The molecular formula is C22H23ClN4O3S. The molecule has 9 heteroatoms. The van der Waals surface area contributed by atoms with Gasteiger partial charge in [-0.2, -0.15) is 5.10 Å². The van der Waals surface area contributed by atoms with Crippen LogP contribution in [-0.4, -0.2) is 47.5 Å². The monoisotopic (exact) mass is 458 g/mol. The SMILES string of the molecule is O=C(Nc1cccc(CN2N=C(c3ccc(Cl)cc3)CSC2=O)c1)OCC1CCNC1. The van der Waals surface area contributed by atoms with Crippen LogP contribution in [0.5, 0.6) is 0 Å². The lowest BCUT2D eigenvalue weighted by Gasteiger charge is -2.23. The van der Waals surface area contributed by atoms with Gasteiger partial charge in [0, 0.05) is 28.9 Å². The Labute approximate surface area is 190 Å². The highest BCUT2D eigenvalue weighted by Gasteiger charge is 2.22. The fourth-order valence-corrected chi connectivity index (χ4v) is 4.29. The van der Waals surface area contributed by atoms with Gasteiger partial charge in [-0.3, -0.25) is 10.1 Å². The average Bonchev–Trinajstić information content (AvgIpc) is 3.29. The van der Waals surface area contributed by atoms with Crippen LogP contribution >= 0.6 is 23.4 Å². The van der Waals surface area contributed by atoms with Gasteiger partial charge in [-0.1, -0.05) is 47.6 Å². The molecule has 7 nitrogen and oxygen atoms in total. The van der Waals surface area contributed by atoms with Crippen LogP contribution in [0.15, 0.2) is 53.6 Å². The zero-order chi connectivity index (χ0) is 21.6. The van der Waals surface area contributed by atoms with Crippen molar-refractivity contribution < 1.29 is 14.3 Å². The normalized spacial score (nSPS) is 18.6. The van der Waals surface area contributed by atoms with E-state index in [4.69, 9.17) is 16.3 Å². The second kappa shape index (κ2) is 10.2. The molecule has 0 bridgehead atoms. The Bertz CT molecular complexity index is 977. The van der Waals surface area contributed by atoms with E-state index in [1.807, 2.05) is 42.5 Å². The van der Waals surface area contributed by atoms with Crippen LogP contribution < -0.4 is 10.6 Å². The predicted molar refractivity (Wildman–Crippen MR) is 124 cm³/mol. The fraction of sp³-hybridized carbons (Fsp3) is 0.318. The maximum Gasteiger partial charge on any atom is 0.411 e. The number of hydrogen-bond acceptors (Lipinski definition) is 6. The molecule has 1 fully saturated rings. The summed E-state index contributed by atoms with van der Waals surface area (Å²) in [7, 11) is 0. The number of anilines is 1. The summed E-state index contributed by atoms with van der Waals surface area (Å²) in [5, 5.41) is 12.5. The minimum Gasteiger partial charge on any atom is -0.449 e. The molecule has 1 saturated heterocycles. The van der Waals surface area contributed by atoms with E-state index in [9.17, 15) is 9.59 Å². The number of nitrogens with zero attached hydrogens (tertiary/aromatic N) is 2.